The average Bonchev–Trinajstić information content (AvgIpc) is 2.24. The quantitative estimate of drug-likeness (QED) is 0.834. The zero-order chi connectivity index (χ0) is 13.2. The summed E-state index contributed by atoms with van der Waals surface area (Å²) < 4.78 is 50.8. The van der Waals surface area contributed by atoms with E-state index in [1.165, 1.54) is 33.0 Å². The van der Waals surface area contributed by atoms with Crippen molar-refractivity contribution in [2.75, 3.05) is 7.05 Å². The summed E-state index contributed by atoms with van der Waals surface area (Å²) in [7, 11) is -2.11. The highest BCUT2D eigenvalue weighted by Crippen LogP contribution is 2.16. The molecule has 17 heavy (non-hydrogen) atoms. The molecule has 0 amide bonds. The predicted octanol–water partition coefficient (Wildman–Crippen LogP) is 2.13. The van der Waals surface area contributed by atoms with Crippen LogP contribution in [0.4, 0.5) is 8.78 Å². The van der Waals surface area contributed by atoms with Gasteiger partial charge < -0.3 is 0 Å². The van der Waals surface area contributed by atoms with Gasteiger partial charge in [-0.1, -0.05) is 12.1 Å². The Hall–Kier alpha value is -1.01. The fourth-order valence-corrected chi connectivity index (χ4v) is 2.40. The third-order valence-electron chi connectivity index (χ3n) is 2.45. The van der Waals surface area contributed by atoms with E-state index in [4.69, 9.17) is 0 Å². The van der Waals surface area contributed by atoms with Crippen molar-refractivity contribution in [2.45, 2.75) is 25.6 Å². The SMILES string of the molecule is CC(C)S(=O)(=O)N(C)Cc1cccc(F)c1F. The molecule has 0 saturated heterocycles. The lowest BCUT2D eigenvalue weighted by Gasteiger charge is -2.19. The molecule has 0 aromatic heterocycles. The van der Waals surface area contributed by atoms with Crippen LogP contribution in [-0.4, -0.2) is 25.0 Å². The summed E-state index contributed by atoms with van der Waals surface area (Å²) in [5.41, 5.74) is 0.0247. The Labute approximate surface area is 100 Å². The monoisotopic (exact) mass is 263 g/mol. The van der Waals surface area contributed by atoms with Crippen molar-refractivity contribution in [1.29, 1.82) is 0 Å². The minimum atomic E-state index is -3.46. The third kappa shape index (κ3) is 3.01. The van der Waals surface area contributed by atoms with Gasteiger partial charge >= 0.3 is 0 Å². The second kappa shape index (κ2) is 5.10. The molecule has 0 aliphatic heterocycles. The highest BCUT2D eigenvalue weighted by Gasteiger charge is 2.23. The van der Waals surface area contributed by atoms with Crippen molar-refractivity contribution in [3.63, 3.8) is 0 Å². The number of benzene rings is 1. The molecule has 0 bridgehead atoms. The highest BCUT2D eigenvalue weighted by molar-refractivity contribution is 7.89. The first kappa shape index (κ1) is 14.1. The van der Waals surface area contributed by atoms with Gasteiger partial charge in [0.25, 0.3) is 0 Å². The predicted molar refractivity (Wildman–Crippen MR) is 61.9 cm³/mol. The zero-order valence-electron chi connectivity index (χ0n) is 9.94. The van der Waals surface area contributed by atoms with E-state index in [0.717, 1.165) is 10.4 Å². The molecule has 0 radical (unpaired) electrons. The largest absolute Gasteiger partial charge is 0.216 e. The van der Waals surface area contributed by atoms with Crippen molar-refractivity contribution in [1.82, 2.24) is 4.31 Å². The molecule has 6 heteroatoms. The van der Waals surface area contributed by atoms with E-state index in [0.29, 0.717) is 0 Å². The molecule has 1 rings (SSSR count). The summed E-state index contributed by atoms with van der Waals surface area (Å²) in [5, 5.41) is -0.593. The van der Waals surface area contributed by atoms with Crippen molar-refractivity contribution >= 4 is 10.0 Å². The molecule has 0 atom stereocenters. The maximum Gasteiger partial charge on any atom is 0.216 e. The number of hydrogen-bond donors (Lipinski definition) is 0. The second-order valence-corrected chi connectivity index (χ2v) is 6.66. The van der Waals surface area contributed by atoms with Crippen LogP contribution < -0.4 is 0 Å². The van der Waals surface area contributed by atoms with Crippen LogP contribution in [0, 0.1) is 11.6 Å². The van der Waals surface area contributed by atoms with Gasteiger partial charge in [0.2, 0.25) is 10.0 Å². The molecule has 0 aliphatic carbocycles. The molecule has 0 saturated carbocycles. The van der Waals surface area contributed by atoms with Crippen molar-refractivity contribution in [3.8, 4) is 0 Å². The van der Waals surface area contributed by atoms with E-state index in [9.17, 15) is 17.2 Å². The second-order valence-electron chi connectivity index (χ2n) is 4.06. The van der Waals surface area contributed by atoms with Crippen LogP contribution in [-0.2, 0) is 16.6 Å². The summed E-state index contributed by atoms with van der Waals surface area (Å²) in [6.07, 6.45) is 0. The van der Waals surface area contributed by atoms with E-state index in [-0.39, 0.29) is 12.1 Å². The van der Waals surface area contributed by atoms with Gasteiger partial charge in [0, 0.05) is 19.2 Å². The molecule has 0 aliphatic rings. The normalized spacial score (nSPS) is 12.4. The van der Waals surface area contributed by atoms with Crippen LogP contribution in [0.25, 0.3) is 0 Å². The van der Waals surface area contributed by atoms with Gasteiger partial charge in [0.15, 0.2) is 11.6 Å². The van der Waals surface area contributed by atoms with E-state index >= 15 is 0 Å². The molecule has 3 nitrogen and oxygen atoms in total. The smallest absolute Gasteiger partial charge is 0.212 e. The van der Waals surface area contributed by atoms with E-state index in [1.807, 2.05) is 0 Å². The lowest BCUT2D eigenvalue weighted by Crippen LogP contribution is -2.32. The molecule has 0 fully saturated rings. The number of nitrogens with zero attached hydrogens (tertiary/aromatic N) is 1. The summed E-state index contributed by atoms with van der Waals surface area (Å²) >= 11 is 0. The van der Waals surface area contributed by atoms with E-state index in [1.54, 1.807) is 0 Å². The lowest BCUT2D eigenvalue weighted by molar-refractivity contribution is 0.438. The van der Waals surface area contributed by atoms with Gasteiger partial charge in [-0.3, -0.25) is 0 Å². The average molecular weight is 263 g/mol. The molecule has 0 unspecified atom stereocenters. The van der Waals surface area contributed by atoms with Gasteiger partial charge in [-0.15, -0.1) is 0 Å². The summed E-state index contributed by atoms with van der Waals surface area (Å²) in [6, 6.07) is 3.71. The van der Waals surface area contributed by atoms with Crippen LogP contribution in [0.2, 0.25) is 0 Å². The Morgan fingerprint density at radius 2 is 1.88 bits per heavy atom. The standard InChI is InChI=1S/C11H15F2NO2S/c1-8(2)17(15,16)14(3)7-9-5-4-6-10(12)11(9)13/h4-6,8H,7H2,1-3H3. The van der Waals surface area contributed by atoms with Crippen LogP contribution >= 0.6 is 0 Å². The van der Waals surface area contributed by atoms with Gasteiger partial charge in [-0.2, -0.15) is 0 Å². The summed E-state index contributed by atoms with van der Waals surface area (Å²) in [4.78, 5) is 0. The Bertz CT molecular complexity index is 500. The first-order chi connectivity index (χ1) is 7.76. The molecule has 96 valence electrons. The maximum absolute atomic E-state index is 13.4. The number of sulfonamides is 1. The van der Waals surface area contributed by atoms with Crippen LogP contribution in [0.15, 0.2) is 18.2 Å². The van der Waals surface area contributed by atoms with Crippen molar-refractivity contribution in [2.24, 2.45) is 0 Å². The fraction of sp³-hybridized carbons (Fsp3) is 0.455. The molecule has 1 aromatic rings. The third-order valence-corrected chi connectivity index (χ3v) is 4.64. The molecule has 0 N–H and O–H groups in total. The number of hydrogen-bond acceptors (Lipinski definition) is 2. The number of rotatable bonds is 4. The van der Waals surface area contributed by atoms with E-state index in [2.05, 4.69) is 0 Å². The van der Waals surface area contributed by atoms with Crippen LogP contribution in [0.1, 0.15) is 19.4 Å². The van der Waals surface area contributed by atoms with Crippen LogP contribution in [0.5, 0.6) is 0 Å². The Balaban J connectivity index is 2.97. The maximum atomic E-state index is 13.4. The van der Waals surface area contributed by atoms with Crippen molar-refractivity contribution < 1.29 is 17.2 Å². The zero-order valence-corrected chi connectivity index (χ0v) is 10.8. The summed E-state index contributed by atoms with van der Waals surface area (Å²) in [5.74, 6) is -1.98. The van der Waals surface area contributed by atoms with Gasteiger partial charge in [0.1, 0.15) is 0 Å². The lowest BCUT2D eigenvalue weighted by atomic mass is 10.2. The summed E-state index contributed by atoms with van der Waals surface area (Å²) in [6.45, 7) is 2.89. The first-order valence-electron chi connectivity index (χ1n) is 5.15. The number of halogens is 2. The first-order valence-corrected chi connectivity index (χ1v) is 6.65. The van der Waals surface area contributed by atoms with E-state index < -0.39 is 26.9 Å². The Kier molecular flexibility index (Phi) is 4.21. The minimum absolute atomic E-state index is 0.0247. The highest BCUT2D eigenvalue weighted by atomic mass is 32.2. The molecule has 1 aromatic carbocycles. The van der Waals surface area contributed by atoms with Gasteiger partial charge in [-0.05, 0) is 19.9 Å². The minimum Gasteiger partial charge on any atom is -0.212 e. The van der Waals surface area contributed by atoms with Crippen molar-refractivity contribution in [3.05, 3.63) is 35.4 Å². The van der Waals surface area contributed by atoms with Crippen LogP contribution in [0.3, 0.4) is 0 Å². The van der Waals surface area contributed by atoms with Gasteiger partial charge in [-0.25, -0.2) is 21.5 Å². The molecular weight excluding hydrogens is 248 g/mol. The Morgan fingerprint density at radius 3 is 2.41 bits per heavy atom. The topological polar surface area (TPSA) is 37.4 Å². The molecule has 0 spiro atoms. The molecule has 0 heterocycles. The Morgan fingerprint density at radius 1 is 1.29 bits per heavy atom. The fourth-order valence-electron chi connectivity index (χ4n) is 1.36. The molecular formula is C11H15F2NO2S. The van der Waals surface area contributed by atoms with Gasteiger partial charge in [0.05, 0.1) is 5.25 Å².